The molecule has 0 aliphatic rings. The Labute approximate surface area is 300 Å². The maximum absolute atomic E-state index is 10.5. The first-order chi connectivity index (χ1) is 25.7. The molecule has 0 bridgehead atoms. The summed E-state index contributed by atoms with van der Waals surface area (Å²) in [6.45, 7) is 0. The highest BCUT2D eigenvalue weighted by Gasteiger charge is 2.20. The van der Waals surface area contributed by atoms with E-state index in [0.29, 0.717) is 5.56 Å². The van der Waals surface area contributed by atoms with Gasteiger partial charge in [-0.3, -0.25) is 0 Å². The van der Waals surface area contributed by atoms with Crippen LogP contribution in [0, 0.1) is 11.3 Å². The standard InChI is InChI=1S/C48H29N3O/c49-30-35-16-11-20-45(48(35)34-23-25-47-40(27-34)38-18-8-10-21-46(38)52-47)51-43-19-9-7-17-37(43)39-26-33(22-24-44(39)51)42-29-36(31-12-3-1-4-13-31)28-41(50-42)32-14-5-2-6-15-32/h1-29H. The molecule has 0 aliphatic carbocycles. The van der Waals surface area contributed by atoms with E-state index < -0.39 is 0 Å². The first-order valence-electron chi connectivity index (χ1n) is 17.4. The summed E-state index contributed by atoms with van der Waals surface area (Å²) in [5.41, 5.74) is 13.4. The molecular formula is C48H29N3O. The van der Waals surface area contributed by atoms with Gasteiger partial charge in [-0.25, -0.2) is 4.98 Å². The zero-order chi connectivity index (χ0) is 34.6. The van der Waals surface area contributed by atoms with Gasteiger partial charge in [0.25, 0.3) is 0 Å². The molecule has 3 aromatic heterocycles. The molecule has 3 heterocycles. The Bertz CT molecular complexity index is 2960. The van der Waals surface area contributed by atoms with Crippen molar-refractivity contribution in [3.8, 4) is 56.5 Å². The third-order valence-corrected chi connectivity index (χ3v) is 10.0. The quantitative estimate of drug-likeness (QED) is 0.184. The van der Waals surface area contributed by atoms with Crippen LogP contribution in [0.1, 0.15) is 5.56 Å². The third-order valence-electron chi connectivity index (χ3n) is 10.0. The van der Waals surface area contributed by atoms with Crippen LogP contribution in [-0.4, -0.2) is 9.55 Å². The van der Waals surface area contributed by atoms with E-state index in [4.69, 9.17) is 9.40 Å². The number of pyridine rings is 1. The summed E-state index contributed by atoms with van der Waals surface area (Å²) in [4.78, 5) is 5.22. The van der Waals surface area contributed by atoms with Crippen LogP contribution >= 0.6 is 0 Å². The minimum absolute atomic E-state index is 0.613. The predicted octanol–water partition coefficient (Wildman–Crippen LogP) is 12.6. The van der Waals surface area contributed by atoms with Gasteiger partial charge in [0.15, 0.2) is 0 Å². The van der Waals surface area contributed by atoms with Gasteiger partial charge in [-0.1, -0.05) is 115 Å². The monoisotopic (exact) mass is 663 g/mol. The second-order valence-electron chi connectivity index (χ2n) is 13.1. The Kier molecular flexibility index (Phi) is 6.84. The lowest BCUT2D eigenvalue weighted by Crippen LogP contribution is -1.99. The molecule has 0 fully saturated rings. The van der Waals surface area contributed by atoms with Gasteiger partial charge in [0.2, 0.25) is 0 Å². The molecule has 242 valence electrons. The fourth-order valence-corrected chi connectivity index (χ4v) is 7.63. The topological polar surface area (TPSA) is 54.8 Å². The molecule has 4 heteroatoms. The van der Waals surface area contributed by atoms with E-state index >= 15 is 0 Å². The van der Waals surface area contributed by atoms with Crippen molar-refractivity contribution >= 4 is 43.7 Å². The molecular weight excluding hydrogens is 635 g/mol. The highest BCUT2D eigenvalue weighted by molar-refractivity contribution is 6.11. The summed E-state index contributed by atoms with van der Waals surface area (Å²) in [6, 6.07) is 63.1. The normalized spacial score (nSPS) is 11.4. The minimum Gasteiger partial charge on any atom is -0.456 e. The number of furan rings is 1. The molecule has 0 atom stereocenters. The van der Waals surface area contributed by atoms with Crippen LogP contribution in [0.25, 0.3) is 94.2 Å². The highest BCUT2D eigenvalue weighted by atomic mass is 16.3. The highest BCUT2D eigenvalue weighted by Crippen LogP contribution is 2.41. The number of nitrogens with zero attached hydrogens (tertiary/aromatic N) is 3. The lowest BCUT2D eigenvalue weighted by molar-refractivity contribution is 0.669. The van der Waals surface area contributed by atoms with Gasteiger partial charge in [0, 0.05) is 38.2 Å². The van der Waals surface area contributed by atoms with Gasteiger partial charge in [0.05, 0.1) is 39.7 Å². The molecule has 10 rings (SSSR count). The number of fused-ring (bicyclic) bond motifs is 6. The number of aromatic nitrogens is 2. The Balaban J connectivity index is 1.19. The minimum atomic E-state index is 0.613. The van der Waals surface area contributed by atoms with Gasteiger partial charge in [-0.05, 0) is 77.4 Å². The average Bonchev–Trinajstić information content (AvgIpc) is 3.76. The van der Waals surface area contributed by atoms with E-state index in [1.165, 1.54) is 0 Å². The van der Waals surface area contributed by atoms with Gasteiger partial charge in [-0.15, -0.1) is 0 Å². The predicted molar refractivity (Wildman–Crippen MR) is 212 cm³/mol. The van der Waals surface area contributed by atoms with E-state index in [2.05, 4.69) is 138 Å². The van der Waals surface area contributed by atoms with Crippen molar-refractivity contribution in [3.63, 3.8) is 0 Å². The molecule has 7 aromatic carbocycles. The maximum atomic E-state index is 10.5. The van der Waals surface area contributed by atoms with Crippen LogP contribution in [0.2, 0.25) is 0 Å². The van der Waals surface area contributed by atoms with Crippen molar-refractivity contribution < 1.29 is 4.42 Å². The smallest absolute Gasteiger partial charge is 0.135 e. The van der Waals surface area contributed by atoms with E-state index in [1.54, 1.807) is 0 Å². The molecule has 0 radical (unpaired) electrons. The van der Waals surface area contributed by atoms with Crippen LogP contribution in [0.5, 0.6) is 0 Å². The summed E-state index contributed by atoms with van der Waals surface area (Å²) in [7, 11) is 0. The Morgan fingerprint density at radius 1 is 0.442 bits per heavy atom. The van der Waals surface area contributed by atoms with Crippen LogP contribution in [0.3, 0.4) is 0 Å². The number of nitriles is 1. The fraction of sp³-hybridized carbons (Fsp3) is 0. The molecule has 0 amide bonds. The number of benzene rings is 7. The van der Waals surface area contributed by atoms with Crippen LogP contribution in [-0.2, 0) is 0 Å². The second kappa shape index (κ2) is 12.0. The number of rotatable bonds is 5. The van der Waals surface area contributed by atoms with Crippen molar-refractivity contribution in [1.82, 2.24) is 9.55 Å². The van der Waals surface area contributed by atoms with Crippen LogP contribution in [0.4, 0.5) is 0 Å². The van der Waals surface area contributed by atoms with Crippen molar-refractivity contribution in [2.75, 3.05) is 0 Å². The summed E-state index contributed by atoms with van der Waals surface area (Å²) in [6.07, 6.45) is 0. The third kappa shape index (κ3) is 4.80. The first kappa shape index (κ1) is 29.7. The van der Waals surface area contributed by atoms with Crippen molar-refractivity contribution in [3.05, 3.63) is 181 Å². The first-order valence-corrected chi connectivity index (χ1v) is 17.4. The summed E-state index contributed by atoms with van der Waals surface area (Å²) in [5.74, 6) is 0. The van der Waals surface area contributed by atoms with E-state index in [1.807, 2.05) is 48.5 Å². The van der Waals surface area contributed by atoms with E-state index in [-0.39, 0.29) is 0 Å². The van der Waals surface area contributed by atoms with Crippen molar-refractivity contribution in [2.24, 2.45) is 0 Å². The average molecular weight is 664 g/mol. The second-order valence-corrected chi connectivity index (χ2v) is 13.1. The molecule has 0 unspecified atom stereocenters. The zero-order valence-electron chi connectivity index (χ0n) is 28.0. The van der Waals surface area contributed by atoms with Crippen LogP contribution < -0.4 is 0 Å². The molecule has 10 aromatic rings. The van der Waals surface area contributed by atoms with Gasteiger partial charge < -0.3 is 8.98 Å². The summed E-state index contributed by atoms with van der Waals surface area (Å²) >= 11 is 0. The molecule has 0 saturated carbocycles. The molecule has 0 saturated heterocycles. The molecule has 52 heavy (non-hydrogen) atoms. The van der Waals surface area contributed by atoms with Crippen LogP contribution in [0.15, 0.2) is 180 Å². The molecule has 4 nitrogen and oxygen atoms in total. The lowest BCUT2D eigenvalue weighted by atomic mass is 9.96. The largest absolute Gasteiger partial charge is 0.456 e. The Hall–Kier alpha value is -7.22. The molecule has 0 spiro atoms. The summed E-state index contributed by atoms with van der Waals surface area (Å²) < 4.78 is 8.45. The maximum Gasteiger partial charge on any atom is 0.135 e. The van der Waals surface area contributed by atoms with Gasteiger partial charge in [-0.2, -0.15) is 5.26 Å². The van der Waals surface area contributed by atoms with Gasteiger partial charge in [0.1, 0.15) is 11.2 Å². The lowest BCUT2D eigenvalue weighted by Gasteiger charge is -2.16. The summed E-state index contributed by atoms with van der Waals surface area (Å²) in [5, 5.41) is 14.8. The zero-order valence-corrected chi connectivity index (χ0v) is 28.0. The number of hydrogen-bond donors (Lipinski definition) is 0. The fourth-order valence-electron chi connectivity index (χ4n) is 7.63. The molecule has 0 aliphatic heterocycles. The molecule has 0 N–H and O–H groups in total. The number of para-hydroxylation sites is 2. The van der Waals surface area contributed by atoms with Crippen molar-refractivity contribution in [2.45, 2.75) is 0 Å². The Morgan fingerprint density at radius 3 is 1.88 bits per heavy atom. The number of hydrogen-bond acceptors (Lipinski definition) is 3. The van der Waals surface area contributed by atoms with E-state index in [9.17, 15) is 5.26 Å². The SMILES string of the molecule is N#Cc1cccc(-n2c3ccccc3c3cc(-c4cc(-c5ccccc5)cc(-c5ccccc5)n4)ccc32)c1-c1ccc2oc3ccccc3c2c1. The van der Waals surface area contributed by atoms with Crippen molar-refractivity contribution in [1.29, 1.82) is 5.26 Å². The Morgan fingerprint density at radius 2 is 1.08 bits per heavy atom. The van der Waals surface area contributed by atoms with Gasteiger partial charge >= 0.3 is 0 Å². The van der Waals surface area contributed by atoms with E-state index in [0.717, 1.165) is 94.2 Å².